The van der Waals surface area contributed by atoms with E-state index in [0.29, 0.717) is 0 Å². The maximum absolute atomic E-state index is 12.2. The average molecular weight is 347 g/mol. The SMILES string of the molecule is O=C(c1csc(I)c1)N1CC2CCCC2C1. The molecule has 2 atom stereocenters. The van der Waals surface area contributed by atoms with Gasteiger partial charge >= 0.3 is 0 Å². The molecular formula is C12H14INOS. The number of hydrogen-bond donors (Lipinski definition) is 0. The smallest absolute Gasteiger partial charge is 0.254 e. The maximum atomic E-state index is 12.2. The third-order valence-electron chi connectivity index (χ3n) is 3.83. The summed E-state index contributed by atoms with van der Waals surface area (Å²) >= 11 is 3.92. The van der Waals surface area contributed by atoms with Gasteiger partial charge in [-0.2, -0.15) is 0 Å². The van der Waals surface area contributed by atoms with Crippen molar-refractivity contribution in [3.63, 3.8) is 0 Å². The van der Waals surface area contributed by atoms with Crippen LogP contribution in [0, 0.1) is 14.7 Å². The summed E-state index contributed by atoms with van der Waals surface area (Å²) in [6, 6.07) is 2.00. The first-order valence-corrected chi connectivity index (χ1v) is 7.73. The van der Waals surface area contributed by atoms with Gasteiger partial charge < -0.3 is 4.90 Å². The van der Waals surface area contributed by atoms with E-state index in [-0.39, 0.29) is 5.91 Å². The van der Waals surface area contributed by atoms with E-state index in [2.05, 4.69) is 27.5 Å². The van der Waals surface area contributed by atoms with E-state index in [4.69, 9.17) is 0 Å². The Morgan fingerprint density at radius 2 is 2.06 bits per heavy atom. The van der Waals surface area contributed by atoms with Crippen LogP contribution in [0.5, 0.6) is 0 Å². The number of thiophene rings is 1. The summed E-state index contributed by atoms with van der Waals surface area (Å²) in [5.41, 5.74) is 0.884. The lowest BCUT2D eigenvalue weighted by atomic mass is 10.0. The zero-order valence-corrected chi connectivity index (χ0v) is 12.0. The zero-order valence-electron chi connectivity index (χ0n) is 8.99. The Morgan fingerprint density at radius 3 is 2.62 bits per heavy atom. The molecule has 1 aromatic rings. The first-order chi connectivity index (χ1) is 7.74. The number of amides is 1. The molecule has 86 valence electrons. The normalized spacial score (nSPS) is 28.4. The number of hydrogen-bond acceptors (Lipinski definition) is 2. The van der Waals surface area contributed by atoms with E-state index in [0.717, 1.165) is 30.5 Å². The summed E-state index contributed by atoms with van der Waals surface area (Å²) in [5, 5.41) is 1.98. The second-order valence-electron chi connectivity index (χ2n) is 4.80. The van der Waals surface area contributed by atoms with Crippen LogP contribution in [0.25, 0.3) is 0 Å². The van der Waals surface area contributed by atoms with Gasteiger partial charge in [-0.3, -0.25) is 4.79 Å². The van der Waals surface area contributed by atoms with Gasteiger partial charge in [-0.25, -0.2) is 0 Å². The molecule has 1 saturated heterocycles. The molecule has 4 heteroatoms. The standard InChI is InChI=1S/C12H14INOS/c13-11-4-10(7-16-11)12(15)14-5-8-2-1-3-9(8)6-14/h4,7-9H,1-3,5-6H2. The number of fused-ring (bicyclic) bond motifs is 1. The molecule has 2 fully saturated rings. The van der Waals surface area contributed by atoms with E-state index in [1.807, 2.05) is 11.4 Å². The summed E-state index contributed by atoms with van der Waals surface area (Å²) in [6.07, 6.45) is 4.03. The molecule has 0 bridgehead atoms. The molecule has 16 heavy (non-hydrogen) atoms. The Labute approximate surface area is 113 Å². The fourth-order valence-electron chi connectivity index (χ4n) is 3.01. The predicted octanol–water partition coefficient (Wildman–Crippen LogP) is 3.22. The lowest BCUT2D eigenvalue weighted by Crippen LogP contribution is -2.29. The van der Waals surface area contributed by atoms with Gasteiger partial charge in [0, 0.05) is 18.5 Å². The van der Waals surface area contributed by atoms with Gasteiger partial charge in [-0.1, -0.05) is 6.42 Å². The van der Waals surface area contributed by atoms with E-state index in [1.54, 1.807) is 11.3 Å². The number of nitrogens with zero attached hydrogens (tertiary/aromatic N) is 1. The van der Waals surface area contributed by atoms with Gasteiger partial charge in [-0.15, -0.1) is 11.3 Å². The lowest BCUT2D eigenvalue weighted by Gasteiger charge is -2.16. The Hall–Kier alpha value is -0.100. The molecule has 3 rings (SSSR count). The minimum atomic E-state index is 0.244. The molecule has 1 amide bonds. The molecule has 0 radical (unpaired) electrons. The Bertz CT molecular complexity index is 405. The first kappa shape index (κ1) is 11.0. The van der Waals surface area contributed by atoms with Crippen LogP contribution in [-0.4, -0.2) is 23.9 Å². The van der Waals surface area contributed by atoms with E-state index in [9.17, 15) is 4.79 Å². The topological polar surface area (TPSA) is 20.3 Å². The third-order valence-corrected chi connectivity index (χ3v) is 5.62. The highest BCUT2D eigenvalue weighted by atomic mass is 127. The largest absolute Gasteiger partial charge is 0.338 e. The van der Waals surface area contributed by atoms with Crippen molar-refractivity contribution in [1.29, 1.82) is 0 Å². The number of carbonyl (C=O) groups is 1. The van der Waals surface area contributed by atoms with Crippen molar-refractivity contribution >= 4 is 39.8 Å². The molecule has 0 aromatic carbocycles. The fraction of sp³-hybridized carbons (Fsp3) is 0.583. The van der Waals surface area contributed by atoms with E-state index < -0.39 is 0 Å². The predicted molar refractivity (Wildman–Crippen MR) is 73.8 cm³/mol. The summed E-state index contributed by atoms with van der Waals surface area (Å²) in [4.78, 5) is 14.3. The zero-order chi connectivity index (χ0) is 11.1. The minimum Gasteiger partial charge on any atom is -0.338 e. The minimum absolute atomic E-state index is 0.244. The molecule has 1 saturated carbocycles. The van der Waals surface area contributed by atoms with Crippen LogP contribution in [0.3, 0.4) is 0 Å². The molecule has 2 aliphatic rings. The molecule has 1 aliphatic heterocycles. The fourth-order valence-corrected chi connectivity index (χ4v) is 4.33. The number of carbonyl (C=O) groups excluding carboxylic acids is 1. The lowest BCUT2D eigenvalue weighted by molar-refractivity contribution is 0.0781. The Balaban J connectivity index is 1.73. The second-order valence-corrected chi connectivity index (χ2v) is 7.61. The van der Waals surface area contributed by atoms with Crippen LogP contribution in [0.2, 0.25) is 0 Å². The molecule has 1 aliphatic carbocycles. The summed E-state index contributed by atoms with van der Waals surface area (Å²) in [6.45, 7) is 1.99. The Morgan fingerprint density at radius 1 is 1.38 bits per heavy atom. The van der Waals surface area contributed by atoms with Gasteiger partial charge in [-0.05, 0) is 53.3 Å². The van der Waals surface area contributed by atoms with Gasteiger partial charge in [0.1, 0.15) is 0 Å². The Kier molecular flexibility index (Phi) is 2.96. The molecule has 2 unspecified atom stereocenters. The van der Waals surface area contributed by atoms with Crippen molar-refractivity contribution < 1.29 is 4.79 Å². The maximum Gasteiger partial charge on any atom is 0.254 e. The highest BCUT2D eigenvalue weighted by Crippen LogP contribution is 2.38. The van der Waals surface area contributed by atoms with E-state index >= 15 is 0 Å². The summed E-state index contributed by atoms with van der Waals surface area (Å²) in [5.74, 6) is 1.83. The highest BCUT2D eigenvalue weighted by Gasteiger charge is 2.38. The average Bonchev–Trinajstić information content (AvgIpc) is 2.89. The molecule has 0 N–H and O–H groups in total. The highest BCUT2D eigenvalue weighted by molar-refractivity contribution is 14.1. The van der Waals surface area contributed by atoms with Gasteiger partial charge in [0.05, 0.1) is 8.45 Å². The molecular weight excluding hydrogens is 333 g/mol. The van der Waals surface area contributed by atoms with Crippen LogP contribution in [-0.2, 0) is 0 Å². The molecule has 2 heterocycles. The van der Waals surface area contributed by atoms with Crippen molar-refractivity contribution in [3.05, 3.63) is 19.9 Å². The second kappa shape index (κ2) is 4.29. The van der Waals surface area contributed by atoms with Crippen molar-refractivity contribution in [2.75, 3.05) is 13.1 Å². The quantitative estimate of drug-likeness (QED) is 0.715. The van der Waals surface area contributed by atoms with Gasteiger partial charge in [0.15, 0.2) is 0 Å². The van der Waals surface area contributed by atoms with Crippen molar-refractivity contribution in [2.24, 2.45) is 11.8 Å². The molecule has 0 spiro atoms. The van der Waals surface area contributed by atoms with Crippen LogP contribution in [0.1, 0.15) is 29.6 Å². The monoisotopic (exact) mass is 347 g/mol. The first-order valence-electron chi connectivity index (χ1n) is 5.77. The number of likely N-dealkylation sites (tertiary alicyclic amines) is 1. The van der Waals surface area contributed by atoms with Crippen molar-refractivity contribution in [1.82, 2.24) is 4.90 Å². The molecule has 1 aromatic heterocycles. The molecule has 2 nitrogen and oxygen atoms in total. The third kappa shape index (κ3) is 1.90. The number of rotatable bonds is 1. The van der Waals surface area contributed by atoms with Crippen LogP contribution in [0.4, 0.5) is 0 Å². The van der Waals surface area contributed by atoms with Gasteiger partial charge in [0.2, 0.25) is 0 Å². The van der Waals surface area contributed by atoms with Crippen molar-refractivity contribution in [2.45, 2.75) is 19.3 Å². The summed E-state index contributed by atoms with van der Waals surface area (Å²) in [7, 11) is 0. The summed E-state index contributed by atoms with van der Waals surface area (Å²) < 4.78 is 1.19. The van der Waals surface area contributed by atoms with Crippen molar-refractivity contribution in [3.8, 4) is 0 Å². The van der Waals surface area contributed by atoms with E-state index in [1.165, 1.54) is 22.1 Å². The van der Waals surface area contributed by atoms with Crippen LogP contribution >= 0.6 is 33.9 Å². The van der Waals surface area contributed by atoms with Crippen LogP contribution < -0.4 is 0 Å². The van der Waals surface area contributed by atoms with Crippen LogP contribution in [0.15, 0.2) is 11.4 Å². The van der Waals surface area contributed by atoms with Gasteiger partial charge in [0.25, 0.3) is 5.91 Å². The number of halogens is 1.